The zero-order valence-corrected chi connectivity index (χ0v) is 10.1. The number of ether oxygens (including phenoxy) is 1. The van der Waals surface area contributed by atoms with Gasteiger partial charge in [0, 0.05) is 19.9 Å². The van der Waals surface area contributed by atoms with Crippen LogP contribution < -0.4 is 10.1 Å². The molecule has 0 saturated carbocycles. The Morgan fingerprint density at radius 2 is 2.17 bits per heavy atom. The molecule has 1 heterocycles. The summed E-state index contributed by atoms with van der Waals surface area (Å²) in [6.07, 6.45) is 1.72. The van der Waals surface area contributed by atoms with Crippen LogP contribution >= 0.6 is 0 Å². The number of hydrogen-bond acceptors (Lipinski definition) is 4. The maximum atomic E-state index is 11.4. The topological polar surface area (TPSA) is 64.4 Å². The molecular weight excluding hydrogens is 232 g/mol. The molecule has 5 nitrogen and oxygen atoms in total. The number of nitrogens with zero attached hydrogens (tertiary/aromatic N) is 1. The van der Waals surface area contributed by atoms with Gasteiger partial charge in [-0.25, -0.2) is 9.78 Å². The van der Waals surface area contributed by atoms with E-state index in [4.69, 9.17) is 9.15 Å². The number of carbonyl (C=O) groups excluding carboxylic acids is 1. The molecule has 1 aromatic heterocycles. The van der Waals surface area contributed by atoms with E-state index in [-0.39, 0.29) is 0 Å². The van der Waals surface area contributed by atoms with Crippen LogP contribution in [0.1, 0.15) is 11.6 Å². The van der Waals surface area contributed by atoms with E-state index in [2.05, 4.69) is 10.3 Å². The lowest BCUT2D eigenvalue weighted by atomic mass is 10.3. The van der Waals surface area contributed by atoms with Crippen molar-refractivity contribution in [3.05, 3.63) is 48.2 Å². The first-order valence-electron chi connectivity index (χ1n) is 5.66. The van der Waals surface area contributed by atoms with Gasteiger partial charge in [0.2, 0.25) is 0 Å². The summed E-state index contributed by atoms with van der Waals surface area (Å²) in [6, 6.07) is 8.92. The van der Waals surface area contributed by atoms with Crippen molar-refractivity contribution in [3.63, 3.8) is 0 Å². The molecule has 0 aliphatic carbocycles. The number of benzene rings is 1. The first kappa shape index (κ1) is 12.2. The van der Waals surface area contributed by atoms with Crippen LogP contribution in [0.2, 0.25) is 0 Å². The predicted octanol–water partition coefficient (Wildman–Crippen LogP) is 2.31. The highest BCUT2D eigenvalue weighted by molar-refractivity contribution is 5.70. The van der Waals surface area contributed by atoms with Crippen LogP contribution in [0.5, 0.6) is 5.75 Å². The van der Waals surface area contributed by atoms with Crippen molar-refractivity contribution in [1.29, 1.82) is 0 Å². The molecule has 94 valence electrons. The summed E-state index contributed by atoms with van der Waals surface area (Å²) in [5.74, 6) is 1.14. The van der Waals surface area contributed by atoms with Gasteiger partial charge in [0.25, 0.3) is 0 Å². The van der Waals surface area contributed by atoms with Gasteiger partial charge in [0.05, 0.1) is 5.69 Å². The fraction of sp³-hybridized carbons (Fsp3) is 0.231. The molecule has 0 spiro atoms. The molecule has 0 saturated heterocycles. The largest absolute Gasteiger partial charge is 0.449 e. The minimum absolute atomic E-state index is 0.456. The van der Waals surface area contributed by atoms with E-state index in [0.717, 1.165) is 5.69 Å². The second-order valence-electron chi connectivity index (χ2n) is 3.74. The van der Waals surface area contributed by atoms with Gasteiger partial charge in [-0.1, -0.05) is 18.2 Å². The molecule has 1 N–H and O–H groups in total. The van der Waals surface area contributed by atoms with Crippen LogP contribution in [-0.4, -0.2) is 17.6 Å². The van der Waals surface area contributed by atoms with Crippen molar-refractivity contribution in [1.82, 2.24) is 10.3 Å². The van der Waals surface area contributed by atoms with Crippen LogP contribution in [-0.2, 0) is 6.42 Å². The highest BCUT2D eigenvalue weighted by Crippen LogP contribution is 2.08. The second kappa shape index (κ2) is 5.86. The molecule has 2 rings (SSSR count). The van der Waals surface area contributed by atoms with Crippen LogP contribution in [0.4, 0.5) is 4.79 Å². The minimum atomic E-state index is -0.471. The summed E-state index contributed by atoms with van der Waals surface area (Å²) in [5.41, 5.74) is 0.813. The number of hydrogen-bond donors (Lipinski definition) is 1. The number of para-hydroxylation sites is 1. The Labute approximate surface area is 105 Å². The number of aryl methyl sites for hydroxylation is 1. The van der Waals surface area contributed by atoms with Crippen molar-refractivity contribution < 1.29 is 13.9 Å². The summed E-state index contributed by atoms with van der Waals surface area (Å²) in [6.45, 7) is 2.23. The summed E-state index contributed by atoms with van der Waals surface area (Å²) < 4.78 is 10.1. The summed E-state index contributed by atoms with van der Waals surface area (Å²) in [7, 11) is 0. The van der Waals surface area contributed by atoms with Crippen molar-refractivity contribution in [2.75, 3.05) is 6.54 Å². The van der Waals surface area contributed by atoms with E-state index >= 15 is 0 Å². The summed E-state index contributed by atoms with van der Waals surface area (Å²) in [4.78, 5) is 15.6. The lowest BCUT2D eigenvalue weighted by molar-refractivity contribution is 0.200. The second-order valence-corrected chi connectivity index (χ2v) is 3.74. The molecule has 1 aromatic carbocycles. The average Bonchev–Trinajstić information content (AvgIpc) is 2.76. The van der Waals surface area contributed by atoms with Gasteiger partial charge in [-0.3, -0.25) is 0 Å². The Morgan fingerprint density at radius 3 is 2.83 bits per heavy atom. The number of rotatable bonds is 4. The molecule has 0 radical (unpaired) electrons. The lowest BCUT2D eigenvalue weighted by Crippen LogP contribution is -2.28. The van der Waals surface area contributed by atoms with Crippen molar-refractivity contribution in [3.8, 4) is 5.75 Å². The van der Waals surface area contributed by atoms with E-state index in [1.54, 1.807) is 37.5 Å². The van der Waals surface area contributed by atoms with Gasteiger partial charge < -0.3 is 14.5 Å². The molecule has 0 aliphatic rings. The first-order valence-corrected chi connectivity index (χ1v) is 5.66. The smallest absolute Gasteiger partial charge is 0.412 e. The Kier molecular flexibility index (Phi) is 3.96. The van der Waals surface area contributed by atoms with E-state index in [0.29, 0.717) is 24.6 Å². The number of amides is 1. The van der Waals surface area contributed by atoms with Gasteiger partial charge in [0.15, 0.2) is 5.89 Å². The first-order chi connectivity index (χ1) is 8.74. The molecule has 0 bridgehead atoms. The monoisotopic (exact) mass is 246 g/mol. The van der Waals surface area contributed by atoms with Crippen LogP contribution in [0.15, 0.2) is 41.0 Å². The lowest BCUT2D eigenvalue weighted by Gasteiger charge is -2.05. The Bertz CT molecular complexity index is 508. The van der Waals surface area contributed by atoms with Crippen LogP contribution in [0.25, 0.3) is 0 Å². The summed E-state index contributed by atoms with van der Waals surface area (Å²) in [5, 5.41) is 2.65. The third-order valence-corrected chi connectivity index (χ3v) is 2.27. The predicted molar refractivity (Wildman–Crippen MR) is 65.4 cm³/mol. The number of carbonyl (C=O) groups is 1. The molecule has 5 heteroatoms. The Hall–Kier alpha value is -2.30. The number of oxazole rings is 1. The Morgan fingerprint density at radius 1 is 1.39 bits per heavy atom. The average molecular weight is 246 g/mol. The quantitative estimate of drug-likeness (QED) is 0.899. The fourth-order valence-electron chi connectivity index (χ4n) is 1.45. The standard InChI is InChI=1S/C13H14N2O3/c1-10-15-11(9-17-10)7-8-14-13(16)18-12-5-3-2-4-6-12/h2-6,9H,7-8H2,1H3,(H,14,16). The van der Waals surface area contributed by atoms with Crippen LogP contribution in [0, 0.1) is 6.92 Å². The summed E-state index contributed by atoms with van der Waals surface area (Å²) >= 11 is 0. The van der Waals surface area contributed by atoms with E-state index < -0.39 is 6.09 Å². The van der Waals surface area contributed by atoms with Gasteiger partial charge in [-0.2, -0.15) is 0 Å². The van der Waals surface area contributed by atoms with Gasteiger partial charge in [-0.15, -0.1) is 0 Å². The third-order valence-electron chi connectivity index (χ3n) is 2.27. The maximum absolute atomic E-state index is 11.4. The zero-order valence-electron chi connectivity index (χ0n) is 10.1. The van der Waals surface area contributed by atoms with Crippen molar-refractivity contribution in [2.24, 2.45) is 0 Å². The van der Waals surface area contributed by atoms with Crippen molar-refractivity contribution >= 4 is 6.09 Å². The third kappa shape index (κ3) is 3.62. The molecule has 0 aliphatic heterocycles. The molecule has 0 unspecified atom stereocenters. The maximum Gasteiger partial charge on any atom is 0.412 e. The zero-order chi connectivity index (χ0) is 12.8. The molecule has 0 fully saturated rings. The van der Waals surface area contributed by atoms with Gasteiger partial charge >= 0.3 is 6.09 Å². The SMILES string of the molecule is Cc1nc(CCNC(=O)Oc2ccccc2)co1. The molecular formula is C13H14N2O3. The highest BCUT2D eigenvalue weighted by Gasteiger charge is 2.04. The minimum Gasteiger partial charge on any atom is -0.449 e. The van der Waals surface area contributed by atoms with E-state index in [9.17, 15) is 4.79 Å². The van der Waals surface area contributed by atoms with Crippen LogP contribution in [0.3, 0.4) is 0 Å². The van der Waals surface area contributed by atoms with E-state index in [1.165, 1.54) is 0 Å². The number of nitrogens with one attached hydrogen (secondary N) is 1. The van der Waals surface area contributed by atoms with Gasteiger partial charge in [0.1, 0.15) is 12.0 Å². The molecule has 0 atom stereocenters. The highest BCUT2D eigenvalue weighted by atomic mass is 16.6. The molecule has 2 aromatic rings. The molecule has 18 heavy (non-hydrogen) atoms. The van der Waals surface area contributed by atoms with E-state index in [1.807, 2.05) is 6.07 Å². The molecule has 1 amide bonds. The van der Waals surface area contributed by atoms with Gasteiger partial charge in [-0.05, 0) is 12.1 Å². The fourth-order valence-corrected chi connectivity index (χ4v) is 1.45. The van der Waals surface area contributed by atoms with Crippen molar-refractivity contribution in [2.45, 2.75) is 13.3 Å². The normalized spacial score (nSPS) is 10.1. The number of aromatic nitrogens is 1. The Balaban J connectivity index is 1.72.